The third-order valence-electron chi connectivity index (χ3n) is 3.12. The molecule has 0 aliphatic rings. The summed E-state index contributed by atoms with van der Waals surface area (Å²) in [6.45, 7) is 10.0. The summed E-state index contributed by atoms with van der Waals surface area (Å²) in [5.41, 5.74) is 1.56. The number of aryl methyl sites for hydroxylation is 1. The second-order valence-corrected chi connectivity index (χ2v) is 5.83. The Bertz CT molecular complexity index is 374. The average molecular weight is 240 g/mol. The lowest BCUT2D eigenvalue weighted by Crippen LogP contribution is -2.20. The molecule has 0 unspecified atom stereocenters. The largest absolute Gasteiger partial charge is 0.337 e. The van der Waals surface area contributed by atoms with Crippen molar-refractivity contribution in [1.29, 1.82) is 0 Å². The second-order valence-electron chi connectivity index (χ2n) is 5.44. The molecule has 2 nitrogen and oxygen atoms in total. The molecule has 0 spiro atoms. The Morgan fingerprint density at radius 3 is 2.56 bits per heavy atom. The van der Waals surface area contributed by atoms with Crippen LogP contribution in [0.25, 0.3) is 0 Å². The first-order valence-corrected chi connectivity index (χ1v) is 6.62. The van der Waals surface area contributed by atoms with E-state index in [1.807, 2.05) is 6.20 Å². The summed E-state index contributed by atoms with van der Waals surface area (Å²) < 4.78 is 3.06. The minimum Gasteiger partial charge on any atom is -0.337 e. The van der Waals surface area contributed by atoms with E-state index in [4.69, 9.17) is 12.2 Å². The highest BCUT2D eigenvalue weighted by molar-refractivity contribution is 7.71. The van der Waals surface area contributed by atoms with Crippen LogP contribution in [-0.2, 0) is 6.54 Å². The van der Waals surface area contributed by atoms with Crippen molar-refractivity contribution in [3.63, 3.8) is 0 Å². The summed E-state index contributed by atoms with van der Waals surface area (Å²) in [5, 5.41) is 0. The van der Waals surface area contributed by atoms with Crippen LogP contribution >= 0.6 is 12.2 Å². The zero-order valence-electron chi connectivity index (χ0n) is 11.0. The maximum Gasteiger partial charge on any atom is 0.177 e. The lowest BCUT2D eigenvalue weighted by molar-refractivity contribution is 0.268. The number of aromatic amines is 1. The summed E-state index contributed by atoms with van der Waals surface area (Å²) >= 11 is 5.28. The van der Waals surface area contributed by atoms with Gasteiger partial charge in [0.15, 0.2) is 4.77 Å². The molecule has 0 aliphatic heterocycles. The maximum absolute atomic E-state index is 5.28. The minimum atomic E-state index is 0.334. The summed E-state index contributed by atoms with van der Waals surface area (Å²) in [7, 11) is 0. The van der Waals surface area contributed by atoms with Crippen LogP contribution < -0.4 is 0 Å². The Kier molecular flexibility index (Phi) is 4.78. The number of nitrogens with zero attached hydrogens (tertiary/aromatic N) is 1. The van der Waals surface area contributed by atoms with Crippen LogP contribution in [0.2, 0.25) is 0 Å². The highest BCUT2D eigenvalue weighted by Gasteiger charge is 2.19. The summed E-state index contributed by atoms with van der Waals surface area (Å²) in [4.78, 5) is 3.10. The molecule has 3 heteroatoms. The molecule has 0 saturated carbocycles. The van der Waals surface area contributed by atoms with Crippen molar-refractivity contribution in [3.8, 4) is 0 Å². The Balaban J connectivity index is 2.61. The van der Waals surface area contributed by atoms with Gasteiger partial charge >= 0.3 is 0 Å². The fraction of sp³-hybridized carbons (Fsp3) is 0.769. The molecular formula is C13H24N2S. The van der Waals surface area contributed by atoms with E-state index in [2.05, 4.69) is 37.2 Å². The topological polar surface area (TPSA) is 20.7 Å². The number of unbranched alkanes of at least 4 members (excludes halogenated alkanes) is 2. The molecule has 0 amide bonds. The van der Waals surface area contributed by atoms with Gasteiger partial charge in [-0.25, -0.2) is 0 Å². The Morgan fingerprint density at radius 1 is 1.38 bits per heavy atom. The molecule has 1 N–H and O–H groups in total. The van der Waals surface area contributed by atoms with Crippen LogP contribution in [0.4, 0.5) is 0 Å². The van der Waals surface area contributed by atoms with Gasteiger partial charge in [0, 0.05) is 18.4 Å². The number of aromatic nitrogens is 2. The standard InChI is InChI=1S/C13H24N2S/c1-5-6-7-8-13(3,4)10-15-11(2)9-14-12(15)16/h9H,5-8,10H2,1-4H3,(H,14,16). The number of rotatable bonds is 6. The van der Waals surface area contributed by atoms with E-state index in [9.17, 15) is 0 Å². The lowest BCUT2D eigenvalue weighted by Gasteiger charge is -2.25. The summed E-state index contributed by atoms with van der Waals surface area (Å²) in [6.07, 6.45) is 7.21. The zero-order valence-corrected chi connectivity index (χ0v) is 11.8. The number of imidazole rings is 1. The van der Waals surface area contributed by atoms with E-state index in [1.165, 1.54) is 31.4 Å². The minimum absolute atomic E-state index is 0.334. The van der Waals surface area contributed by atoms with E-state index in [0.717, 1.165) is 11.3 Å². The first kappa shape index (κ1) is 13.5. The van der Waals surface area contributed by atoms with E-state index in [1.54, 1.807) is 0 Å². The molecular weight excluding hydrogens is 216 g/mol. The molecule has 0 fully saturated rings. The normalized spacial score (nSPS) is 12.0. The summed E-state index contributed by atoms with van der Waals surface area (Å²) in [6, 6.07) is 0. The smallest absolute Gasteiger partial charge is 0.177 e. The SMILES string of the molecule is CCCCCC(C)(C)Cn1c(C)c[nH]c1=S. The molecule has 0 aliphatic carbocycles. The van der Waals surface area contributed by atoms with Gasteiger partial charge in [0.25, 0.3) is 0 Å². The second kappa shape index (κ2) is 5.67. The molecule has 1 heterocycles. The number of hydrogen-bond acceptors (Lipinski definition) is 1. The van der Waals surface area contributed by atoms with Crippen molar-refractivity contribution in [3.05, 3.63) is 16.7 Å². The van der Waals surface area contributed by atoms with Crippen molar-refractivity contribution < 1.29 is 0 Å². The van der Waals surface area contributed by atoms with Crippen LogP contribution in [0.5, 0.6) is 0 Å². The van der Waals surface area contributed by atoms with Crippen molar-refractivity contribution in [2.24, 2.45) is 5.41 Å². The van der Waals surface area contributed by atoms with Gasteiger partial charge in [-0.1, -0.05) is 40.0 Å². The van der Waals surface area contributed by atoms with Gasteiger partial charge in [0.05, 0.1) is 0 Å². The molecule has 1 rings (SSSR count). The van der Waals surface area contributed by atoms with Crippen LogP contribution in [0, 0.1) is 17.1 Å². The molecule has 0 radical (unpaired) electrons. The third-order valence-corrected chi connectivity index (χ3v) is 3.46. The van der Waals surface area contributed by atoms with Gasteiger partial charge in [-0.2, -0.15) is 0 Å². The first-order valence-electron chi connectivity index (χ1n) is 6.21. The van der Waals surface area contributed by atoms with Gasteiger partial charge in [-0.05, 0) is 31.0 Å². The van der Waals surface area contributed by atoms with Gasteiger partial charge < -0.3 is 9.55 Å². The maximum atomic E-state index is 5.28. The predicted octanol–water partition coefficient (Wildman–Crippen LogP) is 4.46. The molecule has 0 saturated heterocycles. The first-order chi connectivity index (χ1) is 7.46. The highest BCUT2D eigenvalue weighted by atomic mass is 32.1. The Labute approximate surface area is 104 Å². The molecule has 16 heavy (non-hydrogen) atoms. The van der Waals surface area contributed by atoms with Crippen molar-refractivity contribution in [2.45, 2.75) is 59.9 Å². The van der Waals surface area contributed by atoms with Crippen LogP contribution in [0.3, 0.4) is 0 Å². The van der Waals surface area contributed by atoms with Gasteiger partial charge in [0.1, 0.15) is 0 Å². The van der Waals surface area contributed by atoms with Crippen LogP contribution in [-0.4, -0.2) is 9.55 Å². The molecule has 0 bridgehead atoms. The monoisotopic (exact) mass is 240 g/mol. The third kappa shape index (κ3) is 3.78. The van der Waals surface area contributed by atoms with E-state index < -0.39 is 0 Å². The number of H-pyrrole nitrogens is 1. The average Bonchev–Trinajstić information content (AvgIpc) is 2.49. The molecule has 1 aromatic heterocycles. The van der Waals surface area contributed by atoms with Gasteiger partial charge in [-0.15, -0.1) is 0 Å². The van der Waals surface area contributed by atoms with Gasteiger partial charge in [-0.3, -0.25) is 0 Å². The van der Waals surface area contributed by atoms with Crippen molar-refractivity contribution >= 4 is 12.2 Å². The van der Waals surface area contributed by atoms with Gasteiger partial charge in [0.2, 0.25) is 0 Å². The molecule has 1 aromatic rings. The Morgan fingerprint density at radius 2 is 2.06 bits per heavy atom. The molecule has 0 aromatic carbocycles. The molecule has 0 atom stereocenters. The zero-order chi connectivity index (χ0) is 12.2. The van der Waals surface area contributed by atoms with Crippen molar-refractivity contribution in [2.75, 3.05) is 0 Å². The van der Waals surface area contributed by atoms with E-state index in [0.29, 0.717) is 5.41 Å². The van der Waals surface area contributed by atoms with E-state index in [-0.39, 0.29) is 0 Å². The quantitative estimate of drug-likeness (QED) is 0.575. The van der Waals surface area contributed by atoms with Crippen LogP contribution in [0.1, 0.15) is 52.1 Å². The predicted molar refractivity (Wildman–Crippen MR) is 72.3 cm³/mol. The fourth-order valence-electron chi connectivity index (χ4n) is 2.04. The summed E-state index contributed by atoms with van der Waals surface area (Å²) in [5.74, 6) is 0. The number of nitrogens with one attached hydrogen (secondary N) is 1. The molecule has 92 valence electrons. The van der Waals surface area contributed by atoms with E-state index >= 15 is 0 Å². The number of hydrogen-bond donors (Lipinski definition) is 1. The fourth-order valence-corrected chi connectivity index (χ4v) is 2.31. The van der Waals surface area contributed by atoms with Crippen molar-refractivity contribution in [1.82, 2.24) is 9.55 Å². The Hall–Kier alpha value is -0.570. The van der Waals surface area contributed by atoms with Crippen LogP contribution in [0.15, 0.2) is 6.20 Å². The lowest BCUT2D eigenvalue weighted by atomic mass is 9.87. The highest BCUT2D eigenvalue weighted by Crippen LogP contribution is 2.26.